The monoisotopic (exact) mass is 418 g/mol. The molecule has 2 aromatic rings. The number of phenols is 1. The minimum Gasteiger partial charge on any atom is -0.506 e. The van der Waals surface area contributed by atoms with Crippen LogP contribution in [0, 0.1) is 0 Å². The van der Waals surface area contributed by atoms with Gasteiger partial charge in [0.1, 0.15) is 17.5 Å². The summed E-state index contributed by atoms with van der Waals surface area (Å²) >= 11 is 1.55. The zero-order valence-electron chi connectivity index (χ0n) is 16.9. The molecule has 3 rings (SSSR count). The number of hydrogen-bond donors (Lipinski definition) is 2. The molecule has 7 heteroatoms. The van der Waals surface area contributed by atoms with Gasteiger partial charge in [-0.15, -0.1) is 0 Å². The average molecular weight is 419 g/mol. The number of halogens is 1. The van der Waals surface area contributed by atoms with Gasteiger partial charge < -0.3 is 20.1 Å². The Morgan fingerprint density at radius 3 is 2.55 bits per heavy atom. The van der Waals surface area contributed by atoms with Gasteiger partial charge in [0.05, 0.1) is 18.3 Å². The van der Waals surface area contributed by atoms with Gasteiger partial charge in [0.15, 0.2) is 0 Å². The van der Waals surface area contributed by atoms with E-state index in [4.69, 9.17) is 4.74 Å². The van der Waals surface area contributed by atoms with Crippen molar-refractivity contribution in [1.82, 2.24) is 4.90 Å². The summed E-state index contributed by atoms with van der Waals surface area (Å²) < 4.78 is 20.0. The lowest BCUT2D eigenvalue weighted by atomic mass is 10.0. The first-order chi connectivity index (χ1) is 13.7. The predicted octanol–water partition coefficient (Wildman–Crippen LogP) is 5.30. The van der Waals surface area contributed by atoms with Gasteiger partial charge in [0.2, 0.25) is 0 Å². The van der Waals surface area contributed by atoms with Crippen molar-refractivity contribution in [3.05, 3.63) is 48.5 Å². The number of nitrogens with zero attached hydrogens (tertiary/aromatic N) is 1. The van der Waals surface area contributed by atoms with Crippen molar-refractivity contribution in [2.75, 3.05) is 18.4 Å². The minimum absolute atomic E-state index is 0.0325. The van der Waals surface area contributed by atoms with Crippen molar-refractivity contribution in [1.29, 1.82) is 0 Å². The number of aromatic hydroxyl groups is 1. The van der Waals surface area contributed by atoms with Crippen LogP contribution < -0.4 is 5.32 Å². The molecule has 1 heterocycles. The molecule has 1 aliphatic rings. The van der Waals surface area contributed by atoms with Gasteiger partial charge in [-0.1, -0.05) is 30.0 Å². The van der Waals surface area contributed by atoms with Crippen molar-refractivity contribution >= 4 is 23.5 Å². The highest BCUT2D eigenvalue weighted by Gasteiger charge is 2.33. The Bertz CT molecular complexity index is 842. The maximum atomic E-state index is 14.7. The van der Waals surface area contributed by atoms with Crippen LogP contribution in [0.25, 0.3) is 0 Å². The van der Waals surface area contributed by atoms with Crippen molar-refractivity contribution < 1.29 is 19.0 Å². The van der Waals surface area contributed by atoms with E-state index in [1.807, 2.05) is 36.4 Å². The average Bonchev–Trinajstić information content (AvgIpc) is 2.64. The SMILES string of the molecule is CC(C)(C)OC(=O)N1CCC(Nc2ccc(Sc3ccccc3)cc2O)C(F)C1. The minimum atomic E-state index is -1.26. The van der Waals surface area contributed by atoms with Gasteiger partial charge in [0, 0.05) is 16.3 Å². The molecule has 2 atom stereocenters. The first-order valence-electron chi connectivity index (χ1n) is 9.66. The Balaban J connectivity index is 1.58. The molecule has 0 saturated carbocycles. The van der Waals surface area contributed by atoms with Crippen molar-refractivity contribution in [3.8, 4) is 5.75 Å². The molecule has 29 heavy (non-hydrogen) atoms. The molecule has 0 aliphatic carbocycles. The number of rotatable bonds is 4. The van der Waals surface area contributed by atoms with Gasteiger partial charge in [-0.25, -0.2) is 9.18 Å². The van der Waals surface area contributed by atoms with E-state index in [2.05, 4.69) is 5.32 Å². The fourth-order valence-corrected chi connectivity index (χ4v) is 3.95. The summed E-state index contributed by atoms with van der Waals surface area (Å²) in [5.74, 6) is 0.0766. The summed E-state index contributed by atoms with van der Waals surface area (Å²) in [5, 5.41) is 13.5. The Hall–Kier alpha value is -2.41. The molecule has 1 fully saturated rings. The molecule has 0 aromatic heterocycles. The molecule has 2 aromatic carbocycles. The van der Waals surface area contributed by atoms with Crippen LogP contribution in [0.4, 0.5) is 14.9 Å². The highest BCUT2D eigenvalue weighted by atomic mass is 32.2. The van der Waals surface area contributed by atoms with Crippen LogP contribution in [-0.2, 0) is 4.74 Å². The van der Waals surface area contributed by atoms with Gasteiger partial charge in [-0.05, 0) is 57.5 Å². The zero-order chi connectivity index (χ0) is 21.0. The Labute approximate surface area is 175 Å². The molecule has 1 amide bonds. The second-order valence-corrected chi connectivity index (χ2v) is 9.22. The normalized spacial score (nSPS) is 19.7. The molecule has 5 nitrogen and oxygen atoms in total. The first kappa shape index (κ1) is 21.3. The lowest BCUT2D eigenvalue weighted by Gasteiger charge is -2.36. The summed E-state index contributed by atoms with van der Waals surface area (Å²) in [4.78, 5) is 15.5. The summed E-state index contributed by atoms with van der Waals surface area (Å²) in [7, 11) is 0. The number of carbonyl (C=O) groups is 1. The van der Waals surface area contributed by atoms with Gasteiger partial charge in [0.25, 0.3) is 0 Å². The number of carbonyl (C=O) groups excluding carboxylic acids is 1. The molecule has 0 radical (unpaired) electrons. The number of anilines is 1. The maximum absolute atomic E-state index is 14.7. The second-order valence-electron chi connectivity index (χ2n) is 8.08. The van der Waals surface area contributed by atoms with E-state index in [0.717, 1.165) is 9.79 Å². The summed E-state index contributed by atoms with van der Waals surface area (Å²) in [6.45, 7) is 5.73. The number of hydrogen-bond acceptors (Lipinski definition) is 5. The molecular weight excluding hydrogens is 391 g/mol. The second kappa shape index (κ2) is 8.95. The quantitative estimate of drug-likeness (QED) is 0.660. The first-order valence-corrected chi connectivity index (χ1v) is 10.5. The van der Waals surface area contributed by atoms with Crippen LogP contribution in [0.2, 0.25) is 0 Å². The van der Waals surface area contributed by atoms with Crippen molar-refractivity contribution in [2.24, 2.45) is 0 Å². The van der Waals surface area contributed by atoms with E-state index in [9.17, 15) is 14.3 Å². The number of amides is 1. The van der Waals surface area contributed by atoms with Gasteiger partial charge >= 0.3 is 6.09 Å². The Kier molecular flexibility index (Phi) is 6.57. The molecule has 156 valence electrons. The number of benzene rings is 2. The van der Waals surface area contributed by atoms with E-state index < -0.39 is 23.9 Å². The number of phenolic OH excluding ortho intramolecular Hbond substituents is 1. The van der Waals surface area contributed by atoms with E-state index in [0.29, 0.717) is 18.7 Å². The Morgan fingerprint density at radius 2 is 1.93 bits per heavy atom. The molecule has 0 bridgehead atoms. The summed E-state index contributed by atoms with van der Waals surface area (Å²) in [5.41, 5.74) is -0.121. The van der Waals surface area contributed by atoms with Crippen LogP contribution in [0.15, 0.2) is 58.3 Å². The Morgan fingerprint density at radius 1 is 1.21 bits per heavy atom. The van der Waals surface area contributed by atoms with E-state index in [-0.39, 0.29) is 12.3 Å². The van der Waals surface area contributed by atoms with Crippen molar-refractivity contribution in [3.63, 3.8) is 0 Å². The van der Waals surface area contributed by atoms with E-state index in [1.165, 1.54) is 4.90 Å². The van der Waals surface area contributed by atoms with Gasteiger partial charge in [-0.2, -0.15) is 0 Å². The molecule has 1 saturated heterocycles. The maximum Gasteiger partial charge on any atom is 0.410 e. The topological polar surface area (TPSA) is 61.8 Å². The van der Waals surface area contributed by atoms with Crippen LogP contribution in [0.3, 0.4) is 0 Å². The number of ether oxygens (including phenoxy) is 1. The van der Waals surface area contributed by atoms with Crippen LogP contribution >= 0.6 is 11.8 Å². The number of nitrogens with one attached hydrogen (secondary N) is 1. The number of piperidine rings is 1. The largest absolute Gasteiger partial charge is 0.506 e. The third-order valence-corrected chi connectivity index (χ3v) is 5.48. The standard InChI is InChI=1S/C22H27FN2O3S/c1-22(2,3)28-21(27)25-12-11-18(17(23)14-25)24-19-10-9-16(13-20(19)26)29-15-7-5-4-6-8-15/h4-10,13,17-18,24,26H,11-12,14H2,1-3H3. The third-order valence-electron chi connectivity index (χ3n) is 4.48. The van der Waals surface area contributed by atoms with E-state index >= 15 is 0 Å². The third kappa shape index (κ3) is 6.03. The van der Waals surface area contributed by atoms with Crippen molar-refractivity contribution in [2.45, 2.75) is 54.8 Å². The highest BCUT2D eigenvalue weighted by molar-refractivity contribution is 7.99. The highest BCUT2D eigenvalue weighted by Crippen LogP contribution is 2.34. The predicted molar refractivity (Wildman–Crippen MR) is 113 cm³/mol. The van der Waals surface area contributed by atoms with Crippen LogP contribution in [0.1, 0.15) is 27.2 Å². The van der Waals surface area contributed by atoms with Gasteiger partial charge in [-0.3, -0.25) is 0 Å². The molecule has 2 unspecified atom stereocenters. The molecule has 1 aliphatic heterocycles. The lowest BCUT2D eigenvalue weighted by Crippen LogP contribution is -2.51. The number of likely N-dealkylation sites (tertiary alicyclic amines) is 1. The fraction of sp³-hybridized carbons (Fsp3) is 0.409. The molecular formula is C22H27FN2O3S. The molecule has 0 spiro atoms. The van der Waals surface area contributed by atoms with E-state index in [1.54, 1.807) is 44.7 Å². The summed E-state index contributed by atoms with van der Waals surface area (Å²) in [6.07, 6.45) is -1.32. The summed E-state index contributed by atoms with van der Waals surface area (Å²) in [6, 6.07) is 14.7. The van der Waals surface area contributed by atoms with Crippen LogP contribution in [0.5, 0.6) is 5.75 Å². The number of alkyl halides is 1. The lowest BCUT2D eigenvalue weighted by molar-refractivity contribution is 0.0125. The molecule has 2 N–H and O–H groups in total. The van der Waals surface area contributed by atoms with Crippen LogP contribution in [-0.4, -0.2) is 47.0 Å². The fourth-order valence-electron chi connectivity index (χ4n) is 3.08. The zero-order valence-corrected chi connectivity index (χ0v) is 17.7. The smallest absolute Gasteiger partial charge is 0.410 e.